The van der Waals surface area contributed by atoms with Gasteiger partial charge < -0.3 is 10.6 Å². The predicted octanol–water partition coefficient (Wildman–Crippen LogP) is 2.64. The standard InChI is InChI=1S/C16H24FN3/c1-4-18-16(20-15-10-12(15)3)19-8-7-13-5-6-14(17)9-11(13)2/h5-6,9,12,15H,4,7-8,10H2,1-3H3,(H2,18,19,20). The Morgan fingerprint density at radius 2 is 2.20 bits per heavy atom. The minimum Gasteiger partial charge on any atom is -0.357 e. The molecule has 0 saturated heterocycles. The first-order valence-electron chi connectivity index (χ1n) is 7.40. The lowest BCUT2D eigenvalue weighted by Crippen LogP contribution is -2.39. The summed E-state index contributed by atoms with van der Waals surface area (Å²) < 4.78 is 13.0. The molecular formula is C16H24FN3. The van der Waals surface area contributed by atoms with Crippen LogP contribution in [-0.2, 0) is 6.42 Å². The van der Waals surface area contributed by atoms with Crippen LogP contribution in [0.1, 0.15) is 31.4 Å². The fourth-order valence-corrected chi connectivity index (χ4v) is 2.25. The minimum absolute atomic E-state index is 0.174. The highest BCUT2D eigenvalue weighted by atomic mass is 19.1. The van der Waals surface area contributed by atoms with Crippen molar-refractivity contribution in [1.82, 2.24) is 10.6 Å². The Bertz CT molecular complexity index is 485. The molecule has 2 atom stereocenters. The van der Waals surface area contributed by atoms with E-state index >= 15 is 0 Å². The third kappa shape index (κ3) is 4.22. The molecule has 1 aliphatic rings. The number of halogens is 1. The summed E-state index contributed by atoms with van der Waals surface area (Å²) in [6.45, 7) is 7.82. The van der Waals surface area contributed by atoms with E-state index in [-0.39, 0.29) is 5.82 Å². The second kappa shape index (κ2) is 6.73. The second-order valence-corrected chi connectivity index (χ2v) is 5.55. The molecule has 3 nitrogen and oxygen atoms in total. The molecule has 1 aliphatic carbocycles. The van der Waals surface area contributed by atoms with E-state index in [2.05, 4.69) is 29.5 Å². The van der Waals surface area contributed by atoms with Crippen molar-refractivity contribution in [3.8, 4) is 0 Å². The van der Waals surface area contributed by atoms with Crippen LogP contribution >= 0.6 is 0 Å². The molecule has 0 bridgehead atoms. The molecule has 0 spiro atoms. The maximum absolute atomic E-state index is 13.0. The van der Waals surface area contributed by atoms with Gasteiger partial charge in [0.15, 0.2) is 5.96 Å². The Balaban J connectivity index is 1.88. The van der Waals surface area contributed by atoms with Gasteiger partial charge in [0.25, 0.3) is 0 Å². The van der Waals surface area contributed by atoms with Gasteiger partial charge >= 0.3 is 0 Å². The van der Waals surface area contributed by atoms with E-state index in [0.29, 0.717) is 12.6 Å². The van der Waals surface area contributed by atoms with E-state index in [9.17, 15) is 4.39 Å². The van der Waals surface area contributed by atoms with E-state index < -0.39 is 0 Å². The molecule has 1 fully saturated rings. The van der Waals surface area contributed by atoms with Crippen molar-refractivity contribution in [3.05, 3.63) is 35.1 Å². The fraction of sp³-hybridized carbons (Fsp3) is 0.562. The van der Waals surface area contributed by atoms with Crippen molar-refractivity contribution in [2.75, 3.05) is 13.1 Å². The van der Waals surface area contributed by atoms with Gasteiger partial charge in [-0.1, -0.05) is 13.0 Å². The van der Waals surface area contributed by atoms with Gasteiger partial charge in [0.2, 0.25) is 0 Å². The van der Waals surface area contributed by atoms with Gasteiger partial charge in [-0.3, -0.25) is 4.99 Å². The van der Waals surface area contributed by atoms with Crippen molar-refractivity contribution in [1.29, 1.82) is 0 Å². The second-order valence-electron chi connectivity index (χ2n) is 5.55. The van der Waals surface area contributed by atoms with E-state index in [1.807, 2.05) is 13.0 Å². The number of hydrogen-bond donors (Lipinski definition) is 2. The summed E-state index contributed by atoms with van der Waals surface area (Å²) in [6.07, 6.45) is 2.06. The van der Waals surface area contributed by atoms with E-state index in [0.717, 1.165) is 36.0 Å². The lowest BCUT2D eigenvalue weighted by Gasteiger charge is -2.11. The molecular weight excluding hydrogens is 253 g/mol. The molecule has 1 saturated carbocycles. The van der Waals surface area contributed by atoms with Gasteiger partial charge in [0, 0.05) is 19.1 Å². The summed E-state index contributed by atoms with van der Waals surface area (Å²) in [5.74, 6) is 1.47. The smallest absolute Gasteiger partial charge is 0.191 e. The first kappa shape index (κ1) is 14.8. The molecule has 0 heterocycles. The van der Waals surface area contributed by atoms with E-state index in [1.54, 1.807) is 6.07 Å². The van der Waals surface area contributed by atoms with Crippen LogP contribution in [0.4, 0.5) is 4.39 Å². The third-order valence-corrected chi connectivity index (χ3v) is 3.73. The quantitative estimate of drug-likeness (QED) is 0.641. The maximum Gasteiger partial charge on any atom is 0.191 e. The zero-order valence-electron chi connectivity index (χ0n) is 12.5. The molecule has 0 amide bonds. The van der Waals surface area contributed by atoms with Crippen molar-refractivity contribution < 1.29 is 4.39 Å². The maximum atomic E-state index is 13.0. The highest BCUT2D eigenvalue weighted by molar-refractivity contribution is 5.80. The topological polar surface area (TPSA) is 36.4 Å². The summed E-state index contributed by atoms with van der Waals surface area (Å²) >= 11 is 0. The van der Waals surface area contributed by atoms with Gasteiger partial charge in [-0.15, -0.1) is 0 Å². The highest BCUT2D eigenvalue weighted by Crippen LogP contribution is 2.28. The number of nitrogens with one attached hydrogen (secondary N) is 2. The summed E-state index contributed by atoms with van der Waals surface area (Å²) in [5, 5.41) is 6.69. The summed E-state index contributed by atoms with van der Waals surface area (Å²) in [5.41, 5.74) is 2.15. The molecule has 4 heteroatoms. The Morgan fingerprint density at radius 1 is 1.45 bits per heavy atom. The molecule has 1 aromatic carbocycles. The monoisotopic (exact) mass is 277 g/mol. The Labute approximate surface area is 120 Å². The highest BCUT2D eigenvalue weighted by Gasteiger charge is 2.33. The molecule has 20 heavy (non-hydrogen) atoms. The van der Waals surface area contributed by atoms with Crippen LogP contribution in [0, 0.1) is 18.7 Å². The van der Waals surface area contributed by atoms with Crippen molar-refractivity contribution >= 4 is 5.96 Å². The van der Waals surface area contributed by atoms with Crippen LogP contribution in [0.25, 0.3) is 0 Å². The van der Waals surface area contributed by atoms with Gasteiger partial charge in [0.1, 0.15) is 5.82 Å². The van der Waals surface area contributed by atoms with E-state index in [1.165, 1.54) is 12.5 Å². The molecule has 0 aromatic heterocycles. The number of aryl methyl sites for hydroxylation is 1. The summed E-state index contributed by atoms with van der Waals surface area (Å²) in [4.78, 5) is 4.59. The molecule has 2 rings (SSSR count). The first-order chi connectivity index (χ1) is 9.60. The summed E-state index contributed by atoms with van der Waals surface area (Å²) in [7, 11) is 0. The normalized spacial score (nSPS) is 21.7. The minimum atomic E-state index is -0.174. The molecule has 110 valence electrons. The summed E-state index contributed by atoms with van der Waals surface area (Å²) in [6, 6.07) is 5.51. The number of aliphatic imine (C=N–C) groups is 1. The average molecular weight is 277 g/mol. The van der Waals surface area contributed by atoms with Gasteiger partial charge in [-0.2, -0.15) is 0 Å². The zero-order valence-corrected chi connectivity index (χ0v) is 12.5. The molecule has 2 unspecified atom stereocenters. The Kier molecular flexibility index (Phi) is 4.99. The van der Waals surface area contributed by atoms with Gasteiger partial charge in [-0.05, 0) is 55.9 Å². The van der Waals surface area contributed by atoms with Crippen LogP contribution in [0.5, 0.6) is 0 Å². The van der Waals surface area contributed by atoms with Crippen molar-refractivity contribution in [3.63, 3.8) is 0 Å². The van der Waals surface area contributed by atoms with Crippen LogP contribution in [0.2, 0.25) is 0 Å². The van der Waals surface area contributed by atoms with E-state index in [4.69, 9.17) is 0 Å². The largest absolute Gasteiger partial charge is 0.357 e. The van der Waals surface area contributed by atoms with Crippen molar-refractivity contribution in [2.24, 2.45) is 10.9 Å². The predicted molar refractivity (Wildman–Crippen MR) is 81.5 cm³/mol. The van der Waals surface area contributed by atoms with Crippen LogP contribution in [-0.4, -0.2) is 25.1 Å². The molecule has 2 N–H and O–H groups in total. The number of hydrogen-bond acceptors (Lipinski definition) is 1. The van der Waals surface area contributed by atoms with Gasteiger partial charge in [0.05, 0.1) is 0 Å². The molecule has 0 radical (unpaired) electrons. The van der Waals surface area contributed by atoms with Gasteiger partial charge in [-0.25, -0.2) is 4.39 Å². The Morgan fingerprint density at radius 3 is 2.80 bits per heavy atom. The number of benzene rings is 1. The first-order valence-corrected chi connectivity index (χ1v) is 7.40. The lowest BCUT2D eigenvalue weighted by molar-refractivity contribution is 0.625. The zero-order chi connectivity index (χ0) is 14.5. The van der Waals surface area contributed by atoms with Crippen molar-refractivity contribution in [2.45, 2.75) is 39.7 Å². The molecule has 1 aromatic rings. The number of nitrogens with zero attached hydrogens (tertiary/aromatic N) is 1. The lowest BCUT2D eigenvalue weighted by atomic mass is 10.1. The van der Waals surface area contributed by atoms with Crippen LogP contribution < -0.4 is 10.6 Å². The molecule has 0 aliphatic heterocycles. The van der Waals surface area contributed by atoms with Crippen LogP contribution in [0.3, 0.4) is 0 Å². The third-order valence-electron chi connectivity index (χ3n) is 3.73. The number of rotatable bonds is 5. The number of guanidine groups is 1. The Hall–Kier alpha value is -1.58. The fourth-order valence-electron chi connectivity index (χ4n) is 2.25. The average Bonchev–Trinajstić information content (AvgIpc) is 3.08. The SMILES string of the molecule is CCNC(=NCCc1ccc(F)cc1C)NC1CC1C. The van der Waals surface area contributed by atoms with Crippen LogP contribution in [0.15, 0.2) is 23.2 Å².